The molecule has 7 nitrogen and oxygen atoms in total. The van der Waals surface area contributed by atoms with Crippen LogP contribution in [0.3, 0.4) is 0 Å². The Labute approximate surface area is 107 Å². The van der Waals surface area contributed by atoms with E-state index < -0.39 is 5.97 Å². The molecule has 19 heavy (non-hydrogen) atoms. The van der Waals surface area contributed by atoms with Gasteiger partial charge in [-0.1, -0.05) is 0 Å². The minimum Gasteiger partial charge on any atom is -0.496 e. The summed E-state index contributed by atoms with van der Waals surface area (Å²) >= 11 is 0. The molecule has 1 aromatic carbocycles. The molecule has 1 aromatic heterocycles. The summed E-state index contributed by atoms with van der Waals surface area (Å²) in [5.41, 5.74) is 0.992. The number of nitrogens with one attached hydrogen (secondary N) is 1. The summed E-state index contributed by atoms with van der Waals surface area (Å²) in [6.45, 7) is 0.117. The first kappa shape index (κ1) is 11.4. The van der Waals surface area contributed by atoms with Gasteiger partial charge in [0.05, 0.1) is 12.7 Å². The first-order valence-corrected chi connectivity index (χ1v) is 5.46. The second kappa shape index (κ2) is 4.20. The van der Waals surface area contributed by atoms with E-state index in [2.05, 4.69) is 10.2 Å². The molecule has 0 saturated heterocycles. The van der Waals surface area contributed by atoms with Gasteiger partial charge in [-0.3, -0.25) is 5.10 Å². The molecule has 0 radical (unpaired) electrons. The van der Waals surface area contributed by atoms with Crippen LogP contribution >= 0.6 is 0 Å². The Morgan fingerprint density at radius 2 is 2.32 bits per heavy atom. The lowest BCUT2D eigenvalue weighted by Crippen LogP contribution is -1.95. The quantitative estimate of drug-likeness (QED) is 0.870. The minimum atomic E-state index is -1.08. The minimum absolute atomic E-state index is 0.00595. The summed E-state index contributed by atoms with van der Waals surface area (Å²) in [5, 5.41) is 15.3. The van der Waals surface area contributed by atoms with Gasteiger partial charge in [0.15, 0.2) is 11.5 Å². The van der Waals surface area contributed by atoms with Gasteiger partial charge in [0, 0.05) is 0 Å². The number of carbonyl (C=O) groups is 1. The van der Waals surface area contributed by atoms with Gasteiger partial charge in [0.25, 0.3) is 0 Å². The maximum absolute atomic E-state index is 10.9. The number of aromatic carboxylic acids is 1. The van der Waals surface area contributed by atoms with Crippen LogP contribution in [0, 0.1) is 0 Å². The van der Waals surface area contributed by atoms with Gasteiger partial charge in [-0.25, -0.2) is 4.79 Å². The third-order valence-corrected chi connectivity index (χ3v) is 2.79. The predicted octanol–water partition coefficient (Wildman–Crippen LogP) is 1.51. The maximum Gasteiger partial charge on any atom is 0.353 e. The zero-order chi connectivity index (χ0) is 13.4. The lowest BCUT2D eigenvalue weighted by atomic mass is 10.1. The maximum atomic E-state index is 10.9. The number of carboxylic acid groups (broad SMARTS) is 1. The van der Waals surface area contributed by atoms with Crippen molar-refractivity contribution in [3.8, 4) is 28.5 Å². The van der Waals surface area contributed by atoms with Crippen molar-refractivity contribution in [1.82, 2.24) is 10.2 Å². The van der Waals surface area contributed by atoms with Crippen LogP contribution in [0.5, 0.6) is 17.2 Å². The van der Waals surface area contributed by atoms with Crippen molar-refractivity contribution in [3.05, 3.63) is 23.9 Å². The number of methoxy groups -OCH3 is 1. The van der Waals surface area contributed by atoms with E-state index in [1.807, 2.05) is 0 Å². The highest BCUT2D eigenvalue weighted by Gasteiger charge is 2.25. The second-order valence-electron chi connectivity index (χ2n) is 3.85. The molecule has 1 aliphatic heterocycles. The number of benzene rings is 1. The normalized spacial score (nSPS) is 12.5. The molecular weight excluding hydrogens is 252 g/mol. The zero-order valence-electron chi connectivity index (χ0n) is 9.97. The number of hydrogen-bond donors (Lipinski definition) is 2. The van der Waals surface area contributed by atoms with Gasteiger partial charge in [0.1, 0.15) is 17.1 Å². The Kier molecular flexibility index (Phi) is 2.52. The van der Waals surface area contributed by atoms with Crippen LogP contribution in [-0.2, 0) is 0 Å². The molecule has 7 heteroatoms. The molecule has 0 bridgehead atoms. The Morgan fingerprint density at radius 3 is 3.00 bits per heavy atom. The average Bonchev–Trinajstić information content (AvgIpc) is 3.06. The van der Waals surface area contributed by atoms with Crippen LogP contribution in [0.4, 0.5) is 0 Å². The third kappa shape index (κ3) is 1.75. The van der Waals surface area contributed by atoms with Crippen LogP contribution in [0.15, 0.2) is 18.2 Å². The molecule has 0 spiro atoms. The molecule has 0 saturated carbocycles. The molecule has 3 rings (SSSR count). The van der Waals surface area contributed by atoms with Crippen LogP contribution in [0.2, 0.25) is 0 Å². The zero-order valence-corrected chi connectivity index (χ0v) is 9.97. The fraction of sp³-hybridized carbons (Fsp3) is 0.167. The molecular formula is C12H10N2O5. The van der Waals surface area contributed by atoms with E-state index in [4.69, 9.17) is 19.3 Å². The molecule has 1 aliphatic rings. The second-order valence-corrected chi connectivity index (χ2v) is 3.85. The highest BCUT2D eigenvalue weighted by atomic mass is 16.7. The summed E-state index contributed by atoms with van der Waals surface area (Å²) < 4.78 is 15.9. The van der Waals surface area contributed by atoms with Crippen molar-refractivity contribution in [2.24, 2.45) is 0 Å². The summed E-state index contributed by atoms with van der Waals surface area (Å²) in [4.78, 5) is 10.9. The monoisotopic (exact) mass is 262 g/mol. The summed E-state index contributed by atoms with van der Waals surface area (Å²) in [7, 11) is 1.52. The number of nitrogens with zero attached hydrogens (tertiary/aromatic N) is 1. The summed E-state index contributed by atoms with van der Waals surface area (Å²) in [6, 6.07) is 4.87. The van der Waals surface area contributed by atoms with Crippen LogP contribution in [0.1, 0.15) is 10.5 Å². The fourth-order valence-corrected chi connectivity index (χ4v) is 1.93. The standard InChI is InChI=1S/C12H10N2O5/c1-17-8-2-3-9-11(19-5-18-9)10(8)6-4-7(12(15)16)14-13-6/h2-4H,5H2,1H3,(H,13,14)(H,15,16). The van der Waals surface area contributed by atoms with Gasteiger partial charge < -0.3 is 19.3 Å². The van der Waals surface area contributed by atoms with Crippen molar-refractivity contribution >= 4 is 5.97 Å². The molecule has 0 unspecified atom stereocenters. The van der Waals surface area contributed by atoms with Gasteiger partial charge in [-0.2, -0.15) is 5.10 Å². The van der Waals surface area contributed by atoms with E-state index in [1.165, 1.54) is 13.2 Å². The lowest BCUT2D eigenvalue weighted by Gasteiger charge is -2.08. The summed E-state index contributed by atoms with van der Waals surface area (Å²) in [5.74, 6) is 0.536. The first-order chi connectivity index (χ1) is 9.20. The van der Waals surface area contributed by atoms with E-state index in [9.17, 15) is 4.79 Å². The number of H-pyrrole nitrogens is 1. The first-order valence-electron chi connectivity index (χ1n) is 5.46. The number of hydrogen-bond acceptors (Lipinski definition) is 5. The molecule has 0 aliphatic carbocycles. The van der Waals surface area contributed by atoms with E-state index in [0.29, 0.717) is 28.5 Å². The van der Waals surface area contributed by atoms with Gasteiger partial charge in [-0.05, 0) is 18.2 Å². The molecule has 2 heterocycles. The van der Waals surface area contributed by atoms with Crippen molar-refractivity contribution < 1.29 is 24.1 Å². The Balaban J connectivity index is 2.17. The topological polar surface area (TPSA) is 93.7 Å². The molecule has 0 fully saturated rings. The van der Waals surface area contributed by atoms with E-state index in [-0.39, 0.29) is 12.5 Å². The average molecular weight is 262 g/mol. The van der Waals surface area contributed by atoms with Crippen molar-refractivity contribution in [1.29, 1.82) is 0 Å². The van der Waals surface area contributed by atoms with Crippen molar-refractivity contribution in [2.75, 3.05) is 13.9 Å². The van der Waals surface area contributed by atoms with Crippen LogP contribution in [-0.4, -0.2) is 35.2 Å². The SMILES string of the molecule is COc1ccc2c(c1-c1cc(C(=O)O)[nH]n1)OCO2. The third-order valence-electron chi connectivity index (χ3n) is 2.79. The number of ether oxygens (including phenoxy) is 3. The molecule has 98 valence electrons. The lowest BCUT2D eigenvalue weighted by molar-refractivity contribution is 0.0690. The van der Waals surface area contributed by atoms with Crippen LogP contribution in [0.25, 0.3) is 11.3 Å². The van der Waals surface area contributed by atoms with E-state index >= 15 is 0 Å². The molecule has 0 amide bonds. The van der Waals surface area contributed by atoms with Crippen molar-refractivity contribution in [3.63, 3.8) is 0 Å². The molecule has 2 aromatic rings. The highest BCUT2D eigenvalue weighted by Crippen LogP contribution is 2.46. The fourth-order valence-electron chi connectivity index (χ4n) is 1.93. The number of aromatic amines is 1. The van der Waals surface area contributed by atoms with E-state index in [0.717, 1.165) is 0 Å². The van der Waals surface area contributed by atoms with Gasteiger partial charge in [0.2, 0.25) is 6.79 Å². The Bertz CT molecular complexity index is 650. The highest BCUT2D eigenvalue weighted by molar-refractivity contribution is 5.88. The molecule has 2 N–H and O–H groups in total. The largest absolute Gasteiger partial charge is 0.496 e. The van der Waals surface area contributed by atoms with Gasteiger partial charge >= 0.3 is 5.97 Å². The van der Waals surface area contributed by atoms with E-state index in [1.54, 1.807) is 12.1 Å². The number of fused-ring (bicyclic) bond motifs is 1. The van der Waals surface area contributed by atoms with Gasteiger partial charge in [-0.15, -0.1) is 0 Å². The predicted molar refractivity (Wildman–Crippen MR) is 63.7 cm³/mol. The molecule has 0 atom stereocenters. The smallest absolute Gasteiger partial charge is 0.353 e. The number of carboxylic acids is 1. The Hall–Kier alpha value is -2.70. The number of rotatable bonds is 3. The van der Waals surface area contributed by atoms with Crippen LogP contribution < -0.4 is 14.2 Å². The Morgan fingerprint density at radius 1 is 1.47 bits per heavy atom. The summed E-state index contributed by atoms with van der Waals surface area (Å²) in [6.07, 6.45) is 0. The number of aromatic nitrogens is 2. The van der Waals surface area contributed by atoms with Crippen molar-refractivity contribution in [2.45, 2.75) is 0 Å².